The first-order valence-corrected chi connectivity index (χ1v) is 7.36. The van der Waals surface area contributed by atoms with Gasteiger partial charge in [0.25, 0.3) is 5.91 Å². The smallest absolute Gasteiger partial charge is 0.389 e. The van der Waals surface area contributed by atoms with Crippen LogP contribution in [-0.2, 0) is 11.2 Å². The second-order valence-corrected chi connectivity index (χ2v) is 5.31. The largest absolute Gasteiger partial charge is 0.448 e. The molecule has 1 aromatic carbocycles. The monoisotopic (exact) mass is 355 g/mol. The number of hydrogen-bond acceptors (Lipinski definition) is 4. The molecule has 9 heteroatoms. The normalized spacial score (nSPS) is 11.2. The van der Waals surface area contributed by atoms with Gasteiger partial charge in [0.05, 0.1) is 13.0 Å². The molecule has 0 fully saturated rings. The van der Waals surface area contributed by atoms with E-state index in [0.717, 1.165) is 11.3 Å². The molecule has 0 aliphatic rings. The average molecular weight is 355 g/mol. The summed E-state index contributed by atoms with van der Waals surface area (Å²) in [6.45, 7) is -0.278. The number of hydrogen-bond donors (Lipinski definition) is 1. The number of carbonyl (C=O) groups excluding carboxylic acids is 2. The number of aromatic nitrogens is 1. The minimum atomic E-state index is -4.37. The Hall–Kier alpha value is -2.84. The van der Waals surface area contributed by atoms with E-state index in [1.165, 1.54) is 7.05 Å². The second kappa shape index (κ2) is 7.82. The lowest BCUT2D eigenvalue weighted by Gasteiger charge is -2.16. The minimum Gasteiger partial charge on any atom is -0.448 e. The van der Waals surface area contributed by atoms with Crippen molar-refractivity contribution < 1.29 is 27.2 Å². The summed E-state index contributed by atoms with van der Waals surface area (Å²) in [7, 11) is 1.36. The van der Waals surface area contributed by atoms with Gasteiger partial charge in [-0.1, -0.05) is 18.2 Å². The van der Waals surface area contributed by atoms with Gasteiger partial charge in [0.1, 0.15) is 5.76 Å². The molecule has 1 aromatic heterocycles. The highest BCUT2D eigenvalue weighted by atomic mass is 19.4. The van der Waals surface area contributed by atoms with Gasteiger partial charge in [-0.3, -0.25) is 9.59 Å². The van der Waals surface area contributed by atoms with Crippen LogP contribution in [0.2, 0.25) is 0 Å². The van der Waals surface area contributed by atoms with Gasteiger partial charge < -0.3 is 14.6 Å². The Morgan fingerprint density at radius 2 is 1.92 bits per heavy atom. The lowest BCUT2D eigenvalue weighted by atomic mass is 10.2. The number of rotatable bonds is 6. The first-order chi connectivity index (χ1) is 11.8. The molecular weight excluding hydrogens is 339 g/mol. The van der Waals surface area contributed by atoms with Crippen LogP contribution in [0.1, 0.15) is 22.7 Å². The number of nitrogens with one attached hydrogen (secondary N) is 1. The molecule has 134 valence electrons. The average Bonchev–Trinajstić information content (AvgIpc) is 3.00. The number of nitrogens with zero attached hydrogens (tertiary/aromatic N) is 2. The molecule has 2 aromatic rings. The fourth-order valence-electron chi connectivity index (χ4n) is 2.07. The zero-order valence-electron chi connectivity index (χ0n) is 13.3. The van der Waals surface area contributed by atoms with Crippen LogP contribution in [0.5, 0.6) is 0 Å². The van der Waals surface area contributed by atoms with Gasteiger partial charge in [0, 0.05) is 19.2 Å². The Morgan fingerprint density at radius 1 is 1.24 bits per heavy atom. The van der Waals surface area contributed by atoms with E-state index in [2.05, 4.69) is 10.3 Å². The number of anilines is 1. The molecule has 0 saturated heterocycles. The van der Waals surface area contributed by atoms with Gasteiger partial charge in [-0.05, 0) is 12.1 Å². The summed E-state index contributed by atoms with van der Waals surface area (Å²) in [4.78, 5) is 29.0. The van der Waals surface area contributed by atoms with E-state index in [0.29, 0.717) is 5.69 Å². The maximum Gasteiger partial charge on any atom is 0.389 e. The molecule has 0 radical (unpaired) electrons. The summed E-state index contributed by atoms with van der Waals surface area (Å²) < 4.78 is 41.8. The number of aryl methyl sites for hydroxylation is 1. The number of likely N-dealkylation sites (N-methyl/N-ethyl adjacent to an activating group) is 1. The zero-order valence-corrected chi connectivity index (χ0v) is 13.3. The van der Waals surface area contributed by atoms with Crippen molar-refractivity contribution in [3.05, 3.63) is 48.2 Å². The molecule has 0 aliphatic carbocycles. The van der Waals surface area contributed by atoms with E-state index in [-0.39, 0.29) is 18.0 Å². The summed E-state index contributed by atoms with van der Waals surface area (Å²) in [5, 5.41) is 2.61. The Balaban J connectivity index is 1.96. The second-order valence-electron chi connectivity index (χ2n) is 5.31. The van der Waals surface area contributed by atoms with Gasteiger partial charge in [0.2, 0.25) is 5.91 Å². The predicted octanol–water partition coefficient (Wildman–Crippen LogP) is 2.88. The molecule has 1 N–H and O–H groups in total. The third kappa shape index (κ3) is 5.63. The molecule has 0 aliphatic heterocycles. The fourth-order valence-corrected chi connectivity index (χ4v) is 2.07. The fraction of sp³-hybridized carbons (Fsp3) is 0.312. The van der Waals surface area contributed by atoms with Crippen LogP contribution in [0.3, 0.4) is 0 Å². The van der Waals surface area contributed by atoms with Crippen LogP contribution >= 0.6 is 0 Å². The van der Waals surface area contributed by atoms with E-state index < -0.39 is 30.8 Å². The van der Waals surface area contributed by atoms with E-state index in [1.54, 1.807) is 30.3 Å². The van der Waals surface area contributed by atoms with Crippen LogP contribution in [0.15, 0.2) is 41.1 Å². The van der Waals surface area contributed by atoms with Crippen molar-refractivity contribution in [2.45, 2.75) is 19.0 Å². The molecule has 25 heavy (non-hydrogen) atoms. The molecule has 0 saturated carbocycles. The molecule has 0 atom stereocenters. The molecule has 2 amide bonds. The number of alkyl halides is 3. The molecule has 2 rings (SSSR count). The topological polar surface area (TPSA) is 75.4 Å². The van der Waals surface area contributed by atoms with Crippen LogP contribution < -0.4 is 5.32 Å². The Bertz CT molecular complexity index is 729. The van der Waals surface area contributed by atoms with Gasteiger partial charge in [-0.15, -0.1) is 0 Å². The first-order valence-electron chi connectivity index (χ1n) is 7.36. The number of carbonyl (C=O) groups is 2. The van der Waals surface area contributed by atoms with Crippen molar-refractivity contribution >= 4 is 17.5 Å². The SMILES string of the molecule is CN(CC(=O)Nc1ccccc1)C(=O)c1ncoc1CCC(F)(F)F. The number of para-hydroxylation sites is 1. The van der Waals surface area contributed by atoms with Gasteiger partial charge >= 0.3 is 6.18 Å². The van der Waals surface area contributed by atoms with Crippen LogP contribution in [0.25, 0.3) is 0 Å². The number of amides is 2. The van der Waals surface area contributed by atoms with E-state index >= 15 is 0 Å². The molecule has 0 bridgehead atoms. The predicted molar refractivity (Wildman–Crippen MR) is 82.9 cm³/mol. The standard InChI is InChI=1S/C16H16F3N3O3/c1-22(9-13(23)21-11-5-3-2-4-6-11)15(24)14-12(25-10-20-14)7-8-16(17,18)19/h2-6,10H,7-9H2,1H3,(H,21,23). The molecule has 1 heterocycles. The van der Waals surface area contributed by atoms with E-state index in [1.807, 2.05) is 0 Å². The third-order valence-electron chi connectivity index (χ3n) is 3.26. The van der Waals surface area contributed by atoms with Crippen molar-refractivity contribution in [1.29, 1.82) is 0 Å². The molecular formula is C16H16F3N3O3. The number of benzene rings is 1. The van der Waals surface area contributed by atoms with Gasteiger partial charge in [0.15, 0.2) is 12.1 Å². The van der Waals surface area contributed by atoms with Crippen molar-refractivity contribution in [3.8, 4) is 0 Å². The minimum absolute atomic E-state index is 0.155. The summed E-state index contributed by atoms with van der Waals surface area (Å²) in [6.07, 6.45) is -5.07. The van der Waals surface area contributed by atoms with Gasteiger partial charge in [-0.2, -0.15) is 13.2 Å². The summed E-state index contributed by atoms with van der Waals surface area (Å²) in [5.41, 5.74) is 0.347. The Kier molecular flexibility index (Phi) is 5.79. The molecule has 0 spiro atoms. The quantitative estimate of drug-likeness (QED) is 0.865. The Morgan fingerprint density at radius 3 is 2.56 bits per heavy atom. The van der Waals surface area contributed by atoms with Crippen LogP contribution in [0, 0.1) is 0 Å². The molecule has 0 unspecified atom stereocenters. The maximum absolute atomic E-state index is 12.3. The van der Waals surface area contributed by atoms with Crippen molar-refractivity contribution in [3.63, 3.8) is 0 Å². The maximum atomic E-state index is 12.3. The lowest BCUT2D eigenvalue weighted by molar-refractivity contribution is -0.134. The van der Waals surface area contributed by atoms with E-state index in [4.69, 9.17) is 4.42 Å². The van der Waals surface area contributed by atoms with Crippen molar-refractivity contribution in [1.82, 2.24) is 9.88 Å². The van der Waals surface area contributed by atoms with Crippen LogP contribution in [0.4, 0.5) is 18.9 Å². The lowest BCUT2D eigenvalue weighted by Crippen LogP contribution is -2.35. The first kappa shape index (κ1) is 18.5. The highest BCUT2D eigenvalue weighted by Gasteiger charge is 2.29. The third-order valence-corrected chi connectivity index (χ3v) is 3.26. The van der Waals surface area contributed by atoms with E-state index in [9.17, 15) is 22.8 Å². The Labute approximate surface area is 141 Å². The number of oxazole rings is 1. The van der Waals surface area contributed by atoms with Gasteiger partial charge in [-0.25, -0.2) is 4.98 Å². The highest BCUT2D eigenvalue weighted by molar-refractivity contribution is 5.98. The summed E-state index contributed by atoms with van der Waals surface area (Å²) in [6, 6.07) is 8.65. The van der Waals surface area contributed by atoms with Crippen molar-refractivity contribution in [2.75, 3.05) is 18.9 Å². The highest BCUT2D eigenvalue weighted by Crippen LogP contribution is 2.23. The zero-order chi connectivity index (χ0) is 18.4. The van der Waals surface area contributed by atoms with Crippen LogP contribution in [-0.4, -0.2) is 41.5 Å². The number of halogens is 3. The van der Waals surface area contributed by atoms with Crippen molar-refractivity contribution in [2.24, 2.45) is 0 Å². The molecule has 6 nitrogen and oxygen atoms in total. The summed E-state index contributed by atoms with van der Waals surface area (Å²) in [5.74, 6) is -1.28. The summed E-state index contributed by atoms with van der Waals surface area (Å²) >= 11 is 0.